The monoisotopic (exact) mass is 282 g/mol. The lowest BCUT2D eigenvalue weighted by Crippen LogP contribution is -2.48. The molecule has 8 nitrogen and oxygen atoms in total. The van der Waals surface area contributed by atoms with Crippen molar-refractivity contribution in [3.8, 4) is 0 Å². The number of rotatable bonds is 4. The summed E-state index contributed by atoms with van der Waals surface area (Å²) in [6, 6.07) is 1.03. The van der Waals surface area contributed by atoms with Crippen molar-refractivity contribution in [2.24, 2.45) is 13.0 Å². The lowest BCUT2D eigenvalue weighted by atomic mass is 10.0. The van der Waals surface area contributed by atoms with Crippen LogP contribution in [0.5, 0.6) is 0 Å². The minimum absolute atomic E-state index is 0.138. The van der Waals surface area contributed by atoms with E-state index in [2.05, 4.69) is 10.4 Å². The highest BCUT2D eigenvalue weighted by atomic mass is 16.5. The Morgan fingerprint density at radius 1 is 1.60 bits per heavy atom. The predicted molar refractivity (Wildman–Crippen MR) is 68.9 cm³/mol. The van der Waals surface area contributed by atoms with Crippen molar-refractivity contribution in [2.75, 3.05) is 20.3 Å². The molecule has 0 aromatic carbocycles. The molecule has 2 atom stereocenters. The molecule has 2 heterocycles. The molecule has 1 aromatic heterocycles. The van der Waals surface area contributed by atoms with Crippen LogP contribution in [0.15, 0.2) is 12.3 Å². The number of carboxylic acids is 1. The van der Waals surface area contributed by atoms with Crippen molar-refractivity contribution in [3.05, 3.63) is 18.0 Å². The van der Waals surface area contributed by atoms with Crippen molar-refractivity contribution in [1.29, 1.82) is 0 Å². The molecule has 2 unspecified atom stereocenters. The van der Waals surface area contributed by atoms with E-state index < -0.39 is 17.9 Å². The minimum atomic E-state index is -0.946. The van der Waals surface area contributed by atoms with E-state index in [0.29, 0.717) is 6.54 Å². The van der Waals surface area contributed by atoms with Gasteiger partial charge in [-0.05, 0) is 6.07 Å². The third-order valence-electron chi connectivity index (χ3n) is 3.53. The summed E-state index contributed by atoms with van der Waals surface area (Å²) < 4.78 is 6.82. The van der Waals surface area contributed by atoms with E-state index in [-0.39, 0.29) is 19.2 Å². The van der Waals surface area contributed by atoms with Crippen LogP contribution in [-0.4, -0.2) is 58.1 Å². The SMILES string of the molecule is CN(C(=O)NCc1ccnn1C)C1COCC1C(=O)O. The number of nitrogens with one attached hydrogen (secondary N) is 1. The summed E-state index contributed by atoms with van der Waals surface area (Å²) in [6.07, 6.45) is 1.65. The number of hydrogen-bond acceptors (Lipinski definition) is 4. The highest BCUT2D eigenvalue weighted by Crippen LogP contribution is 2.19. The first-order valence-corrected chi connectivity index (χ1v) is 6.28. The van der Waals surface area contributed by atoms with Gasteiger partial charge in [0, 0.05) is 20.3 Å². The molecule has 110 valence electrons. The molecule has 1 aliphatic heterocycles. The maximum absolute atomic E-state index is 12.0. The van der Waals surface area contributed by atoms with Crippen LogP contribution in [0.25, 0.3) is 0 Å². The van der Waals surface area contributed by atoms with Crippen LogP contribution in [-0.2, 0) is 23.1 Å². The van der Waals surface area contributed by atoms with E-state index in [1.165, 1.54) is 4.90 Å². The van der Waals surface area contributed by atoms with Crippen molar-refractivity contribution in [3.63, 3.8) is 0 Å². The van der Waals surface area contributed by atoms with Gasteiger partial charge in [0.05, 0.1) is 31.5 Å². The van der Waals surface area contributed by atoms with Gasteiger partial charge in [0.15, 0.2) is 0 Å². The normalized spacial score (nSPS) is 21.7. The Kier molecular flexibility index (Phi) is 4.23. The summed E-state index contributed by atoms with van der Waals surface area (Å²) in [5.41, 5.74) is 0.865. The average Bonchev–Trinajstić information content (AvgIpc) is 3.03. The van der Waals surface area contributed by atoms with Crippen LogP contribution in [0.1, 0.15) is 5.69 Å². The molecule has 0 spiro atoms. The Morgan fingerprint density at radius 3 is 2.95 bits per heavy atom. The zero-order chi connectivity index (χ0) is 14.7. The summed E-state index contributed by atoms with van der Waals surface area (Å²) in [4.78, 5) is 24.5. The Bertz CT molecular complexity index is 501. The first-order chi connectivity index (χ1) is 9.50. The fourth-order valence-corrected chi connectivity index (χ4v) is 2.18. The van der Waals surface area contributed by atoms with Gasteiger partial charge in [-0.15, -0.1) is 0 Å². The summed E-state index contributed by atoms with van der Waals surface area (Å²) in [5.74, 6) is -1.62. The molecule has 0 aliphatic carbocycles. The number of hydrogen-bond donors (Lipinski definition) is 2. The summed E-state index contributed by atoms with van der Waals surface area (Å²) in [7, 11) is 3.37. The molecule has 1 aromatic rings. The first-order valence-electron chi connectivity index (χ1n) is 6.28. The standard InChI is InChI=1S/C12H18N4O4/c1-15(10-7-20-6-9(10)11(17)18)12(19)13-5-8-3-4-14-16(8)2/h3-4,9-10H,5-7H2,1-2H3,(H,13,19)(H,17,18). The second kappa shape index (κ2) is 5.91. The van der Waals surface area contributed by atoms with Crippen LogP contribution in [0.2, 0.25) is 0 Å². The number of ether oxygens (including phenoxy) is 1. The smallest absolute Gasteiger partial charge is 0.317 e. The molecule has 0 bridgehead atoms. The highest BCUT2D eigenvalue weighted by molar-refractivity contribution is 5.77. The molecular formula is C12H18N4O4. The van der Waals surface area contributed by atoms with Gasteiger partial charge < -0.3 is 20.1 Å². The molecule has 2 amide bonds. The van der Waals surface area contributed by atoms with Gasteiger partial charge in [-0.3, -0.25) is 9.48 Å². The third kappa shape index (κ3) is 2.90. The number of nitrogens with zero attached hydrogens (tertiary/aromatic N) is 3. The Balaban J connectivity index is 1.92. The number of amides is 2. The van der Waals surface area contributed by atoms with Crippen molar-refractivity contribution >= 4 is 12.0 Å². The van der Waals surface area contributed by atoms with E-state index in [1.807, 2.05) is 0 Å². The predicted octanol–water partition coefficient (Wildman–Crippen LogP) is -0.339. The molecule has 8 heteroatoms. The van der Waals surface area contributed by atoms with Gasteiger partial charge in [0.1, 0.15) is 5.92 Å². The lowest BCUT2D eigenvalue weighted by Gasteiger charge is -2.26. The molecule has 2 rings (SSSR count). The van der Waals surface area contributed by atoms with E-state index in [9.17, 15) is 9.59 Å². The summed E-state index contributed by atoms with van der Waals surface area (Å²) >= 11 is 0. The molecule has 1 aliphatic rings. The quantitative estimate of drug-likeness (QED) is 0.787. The van der Waals surface area contributed by atoms with Gasteiger partial charge >= 0.3 is 12.0 Å². The first kappa shape index (κ1) is 14.3. The van der Waals surface area contributed by atoms with Crippen LogP contribution in [0.4, 0.5) is 4.79 Å². The lowest BCUT2D eigenvalue weighted by molar-refractivity contribution is -0.142. The number of carboxylic acid groups (broad SMARTS) is 1. The van der Waals surface area contributed by atoms with Crippen LogP contribution >= 0.6 is 0 Å². The summed E-state index contributed by atoms with van der Waals surface area (Å²) in [5, 5.41) is 15.8. The number of aryl methyl sites for hydroxylation is 1. The minimum Gasteiger partial charge on any atom is -0.481 e. The fourth-order valence-electron chi connectivity index (χ4n) is 2.18. The van der Waals surface area contributed by atoms with Crippen molar-refractivity contribution < 1.29 is 19.4 Å². The third-order valence-corrected chi connectivity index (χ3v) is 3.53. The van der Waals surface area contributed by atoms with Gasteiger partial charge in [0.25, 0.3) is 0 Å². The second-order valence-electron chi connectivity index (χ2n) is 4.77. The van der Waals surface area contributed by atoms with Crippen LogP contribution in [0.3, 0.4) is 0 Å². The molecule has 0 radical (unpaired) electrons. The fraction of sp³-hybridized carbons (Fsp3) is 0.583. The van der Waals surface area contributed by atoms with Gasteiger partial charge in [-0.1, -0.05) is 0 Å². The number of aromatic nitrogens is 2. The maximum Gasteiger partial charge on any atom is 0.317 e. The maximum atomic E-state index is 12.0. The Hall–Kier alpha value is -2.09. The number of likely N-dealkylation sites (N-methyl/N-ethyl adjacent to an activating group) is 1. The summed E-state index contributed by atoms with van der Waals surface area (Å²) in [6.45, 7) is 0.719. The average molecular weight is 282 g/mol. The van der Waals surface area contributed by atoms with E-state index in [0.717, 1.165) is 5.69 Å². The number of carbonyl (C=O) groups is 2. The number of aliphatic carboxylic acids is 1. The van der Waals surface area contributed by atoms with E-state index in [4.69, 9.17) is 9.84 Å². The van der Waals surface area contributed by atoms with Crippen molar-refractivity contribution in [1.82, 2.24) is 20.0 Å². The van der Waals surface area contributed by atoms with Crippen LogP contribution < -0.4 is 5.32 Å². The molecule has 2 N–H and O–H groups in total. The van der Waals surface area contributed by atoms with Crippen molar-refractivity contribution in [2.45, 2.75) is 12.6 Å². The van der Waals surface area contributed by atoms with Gasteiger partial charge in [-0.2, -0.15) is 5.10 Å². The highest BCUT2D eigenvalue weighted by Gasteiger charge is 2.38. The molecule has 20 heavy (non-hydrogen) atoms. The Labute approximate surface area is 116 Å². The molecule has 1 saturated heterocycles. The van der Waals surface area contributed by atoms with Gasteiger partial charge in [-0.25, -0.2) is 4.79 Å². The zero-order valence-corrected chi connectivity index (χ0v) is 11.4. The Morgan fingerprint density at radius 2 is 2.35 bits per heavy atom. The number of carbonyl (C=O) groups excluding carboxylic acids is 1. The second-order valence-corrected chi connectivity index (χ2v) is 4.77. The number of urea groups is 1. The molecule has 0 saturated carbocycles. The van der Waals surface area contributed by atoms with E-state index >= 15 is 0 Å². The van der Waals surface area contributed by atoms with Crippen LogP contribution in [0, 0.1) is 5.92 Å². The zero-order valence-electron chi connectivity index (χ0n) is 11.4. The largest absolute Gasteiger partial charge is 0.481 e. The topological polar surface area (TPSA) is 96.7 Å². The van der Waals surface area contributed by atoms with E-state index in [1.54, 1.807) is 31.0 Å². The van der Waals surface area contributed by atoms with Gasteiger partial charge in [0.2, 0.25) is 0 Å². The molecular weight excluding hydrogens is 264 g/mol. The molecule has 1 fully saturated rings.